The van der Waals surface area contributed by atoms with Gasteiger partial charge in [0.1, 0.15) is 17.6 Å². The molecule has 0 radical (unpaired) electrons. The third-order valence-corrected chi connectivity index (χ3v) is 2.62. The number of hydrogen-bond donors (Lipinski definition) is 1. The zero-order valence-electron chi connectivity index (χ0n) is 7.00. The summed E-state index contributed by atoms with van der Waals surface area (Å²) in [5.41, 5.74) is -1.10. The van der Waals surface area contributed by atoms with Crippen molar-refractivity contribution in [2.45, 2.75) is 24.6 Å². The van der Waals surface area contributed by atoms with E-state index in [9.17, 15) is 13.9 Å². The molecule has 0 aliphatic heterocycles. The fourth-order valence-electron chi connectivity index (χ4n) is 1.61. The zero-order valence-corrected chi connectivity index (χ0v) is 7.00. The average molecular weight is 184 g/mol. The molecule has 1 aliphatic rings. The molecule has 0 bridgehead atoms. The van der Waals surface area contributed by atoms with Crippen LogP contribution in [0.3, 0.4) is 0 Å². The Labute approximate surface area is 75.0 Å². The number of hydrogen-bond acceptors (Lipinski definition) is 1. The highest BCUT2D eigenvalue weighted by Crippen LogP contribution is 2.43. The van der Waals surface area contributed by atoms with E-state index in [-0.39, 0.29) is 0 Å². The maximum absolute atomic E-state index is 13.0. The van der Waals surface area contributed by atoms with E-state index in [1.165, 1.54) is 18.2 Å². The van der Waals surface area contributed by atoms with Gasteiger partial charge in [-0.2, -0.15) is 0 Å². The second-order valence-electron chi connectivity index (χ2n) is 3.44. The van der Waals surface area contributed by atoms with Crippen LogP contribution in [0.25, 0.3) is 0 Å². The molecule has 1 aromatic rings. The Bertz CT molecular complexity index is 326. The van der Waals surface area contributed by atoms with Crippen LogP contribution in [0.1, 0.15) is 18.4 Å². The van der Waals surface area contributed by atoms with Crippen LogP contribution < -0.4 is 0 Å². The van der Waals surface area contributed by atoms with Crippen molar-refractivity contribution >= 4 is 0 Å². The van der Waals surface area contributed by atoms with Crippen LogP contribution in [-0.2, 0) is 5.60 Å². The van der Waals surface area contributed by atoms with E-state index in [0.717, 1.165) is 0 Å². The fraction of sp³-hybridized carbons (Fsp3) is 0.400. The summed E-state index contributed by atoms with van der Waals surface area (Å²) in [7, 11) is 0. The highest BCUT2D eigenvalue weighted by Gasteiger charge is 2.47. The number of aliphatic hydroxyl groups is 1. The predicted molar refractivity (Wildman–Crippen MR) is 44.4 cm³/mol. The van der Waals surface area contributed by atoms with E-state index in [2.05, 4.69) is 0 Å². The highest BCUT2D eigenvalue weighted by molar-refractivity contribution is 5.27. The molecule has 1 aromatic carbocycles. The van der Waals surface area contributed by atoms with Gasteiger partial charge in [0, 0.05) is 0 Å². The Morgan fingerprint density at radius 1 is 1.46 bits per heavy atom. The topological polar surface area (TPSA) is 20.2 Å². The first-order valence-corrected chi connectivity index (χ1v) is 4.25. The van der Waals surface area contributed by atoms with E-state index in [0.29, 0.717) is 18.4 Å². The average Bonchev–Trinajstić information content (AvgIpc) is 2.14. The molecule has 0 saturated heterocycles. The maximum Gasteiger partial charge on any atom is 0.133 e. The molecule has 70 valence electrons. The van der Waals surface area contributed by atoms with E-state index >= 15 is 0 Å². The number of benzene rings is 1. The fourth-order valence-corrected chi connectivity index (χ4v) is 1.61. The lowest BCUT2D eigenvalue weighted by Gasteiger charge is -2.40. The second-order valence-corrected chi connectivity index (χ2v) is 3.44. The van der Waals surface area contributed by atoms with Gasteiger partial charge in [0.05, 0.1) is 0 Å². The van der Waals surface area contributed by atoms with Crippen molar-refractivity contribution in [1.29, 1.82) is 0 Å². The normalized spacial score (nSPS) is 32.7. The van der Waals surface area contributed by atoms with Gasteiger partial charge in [-0.15, -0.1) is 0 Å². The molecular weight excluding hydrogens is 174 g/mol. The summed E-state index contributed by atoms with van der Waals surface area (Å²) in [6.07, 6.45) is -0.528. The molecule has 2 atom stereocenters. The van der Waals surface area contributed by atoms with Gasteiger partial charge in [-0.1, -0.05) is 12.1 Å². The first-order chi connectivity index (χ1) is 6.13. The van der Waals surface area contributed by atoms with Gasteiger partial charge in [0.15, 0.2) is 0 Å². The van der Waals surface area contributed by atoms with Gasteiger partial charge in [-0.3, -0.25) is 0 Å². The molecule has 1 aliphatic carbocycles. The summed E-state index contributed by atoms with van der Waals surface area (Å²) in [5, 5.41) is 9.73. The Kier molecular flexibility index (Phi) is 1.84. The molecule has 1 nitrogen and oxygen atoms in total. The molecule has 0 unspecified atom stereocenters. The second kappa shape index (κ2) is 2.77. The van der Waals surface area contributed by atoms with Crippen molar-refractivity contribution in [1.82, 2.24) is 0 Å². The molecule has 2 rings (SSSR count). The maximum atomic E-state index is 13.0. The molecule has 0 amide bonds. The highest BCUT2D eigenvalue weighted by atomic mass is 19.1. The summed E-state index contributed by atoms with van der Waals surface area (Å²) in [5.74, 6) is -0.440. The lowest BCUT2D eigenvalue weighted by molar-refractivity contribution is -0.114. The Morgan fingerprint density at radius 2 is 2.23 bits per heavy atom. The summed E-state index contributed by atoms with van der Waals surface area (Å²) in [6.45, 7) is 0. The van der Waals surface area contributed by atoms with Crippen LogP contribution in [0, 0.1) is 5.82 Å². The summed E-state index contributed by atoms with van der Waals surface area (Å²) < 4.78 is 25.8. The van der Waals surface area contributed by atoms with E-state index in [1.54, 1.807) is 6.07 Å². The van der Waals surface area contributed by atoms with Crippen LogP contribution in [-0.4, -0.2) is 11.3 Å². The van der Waals surface area contributed by atoms with Gasteiger partial charge in [-0.25, -0.2) is 8.78 Å². The smallest absolute Gasteiger partial charge is 0.133 e. The van der Waals surface area contributed by atoms with Gasteiger partial charge in [-0.05, 0) is 30.5 Å². The van der Waals surface area contributed by atoms with E-state index < -0.39 is 17.6 Å². The Balaban J connectivity index is 2.35. The summed E-state index contributed by atoms with van der Waals surface area (Å²) in [6, 6.07) is 5.49. The zero-order chi connectivity index (χ0) is 9.47. The van der Waals surface area contributed by atoms with Gasteiger partial charge >= 0.3 is 0 Å². The largest absolute Gasteiger partial charge is 0.382 e. The van der Waals surface area contributed by atoms with Crippen LogP contribution >= 0.6 is 0 Å². The van der Waals surface area contributed by atoms with E-state index in [4.69, 9.17) is 0 Å². The number of rotatable bonds is 1. The molecular formula is C10H10F2O. The molecule has 1 saturated carbocycles. The summed E-state index contributed by atoms with van der Waals surface area (Å²) in [4.78, 5) is 0. The minimum absolute atomic E-state index is 0.339. The minimum atomic E-state index is -1.44. The quantitative estimate of drug-likeness (QED) is 0.709. The monoisotopic (exact) mass is 184 g/mol. The third-order valence-electron chi connectivity index (χ3n) is 2.62. The van der Waals surface area contributed by atoms with Crippen LogP contribution in [0.2, 0.25) is 0 Å². The lowest BCUT2D eigenvalue weighted by Crippen LogP contribution is -2.46. The predicted octanol–water partition coefficient (Wildman–Crippen LogP) is 2.15. The molecule has 3 heteroatoms. The molecule has 1 fully saturated rings. The first kappa shape index (κ1) is 8.63. The minimum Gasteiger partial charge on any atom is -0.382 e. The van der Waals surface area contributed by atoms with E-state index in [1.807, 2.05) is 0 Å². The van der Waals surface area contributed by atoms with Crippen molar-refractivity contribution in [2.75, 3.05) is 0 Å². The molecule has 0 aromatic heterocycles. The SMILES string of the molecule is O[C@@]1(c2cccc(F)c2)CC[C@H]1F. The Hall–Kier alpha value is -0.960. The molecule has 0 heterocycles. The molecule has 13 heavy (non-hydrogen) atoms. The standard InChI is InChI=1S/C10H10F2O/c11-8-3-1-2-7(6-8)10(13)5-4-9(10)12/h1-3,6,9,13H,4-5H2/t9-,10-/m1/s1. The first-order valence-electron chi connectivity index (χ1n) is 4.25. The summed E-state index contributed by atoms with van der Waals surface area (Å²) >= 11 is 0. The van der Waals surface area contributed by atoms with Crippen molar-refractivity contribution in [3.05, 3.63) is 35.6 Å². The number of alkyl halides is 1. The van der Waals surface area contributed by atoms with Gasteiger partial charge in [0.2, 0.25) is 0 Å². The van der Waals surface area contributed by atoms with Crippen molar-refractivity contribution in [3.8, 4) is 0 Å². The van der Waals surface area contributed by atoms with Crippen molar-refractivity contribution < 1.29 is 13.9 Å². The van der Waals surface area contributed by atoms with Gasteiger partial charge < -0.3 is 5.11 Å². The van der Waals surface area contributed by atoms with Gasteiger partial charge in [0.25, 0.3) is 0 Å². The lowest BCUT2D eigenvalue weighted by atomic mass is 9.73. The van der Waals surface area contributed by atoms with Crippen LogP contribution in [0.5, 0.6) is 0 Å². The third kappa shape index (κ3) is 1.23. The van der Waals surface area contributed by atoms with Crippen LogP contribution in [0.4, 0.5) is 8.78 Å². The number of halogens is 2. The van der Waals surface area contributed by atoms with Crippen molar-refractivity contribution in [2.24, 2.45) is 0 Å². The van der Waals surface area contributed by atoms with Crippen molar-refractivity contribution in [3.63, 3.8) is 0 Å². The molecule has 0 spiro atoms. The van der Waals surface area contributed by atoms with Crippen LogP contribution in [0.15, 0.2) is 24.3 Å². The molecule has 1 N–H and O–H groups in total. The Morgan fingerprint density at radius 3 is 2.69 bits per heavy atom.